The van der Waals surface area contributed by atoms with E-state index in [2.05, 4.69) is 42.1 Å². The van der Waals surface area contributed by atoms with E-state index in [9.17, 15) is 0 Å². The lowest BCUT2D eigenvalue weighted by Crippen LogP contribution is -2.14. The summed E-state index contributed by atoms with van der Waals surface area (Å²) in [6, 6.07) is 4.41. The van der Waals surface area contributed by atoms with Gasteiger partial charge in [0.05, 0.1) is 11.4 Å². The smallest absolute Gasteiger partial charge is 0.0532 e. The van der Waals surface area contributed by atoms with Gasteiger partial charge in [0.15, 0.2) is 0 Å². The highest BCUT2D eigenvalue weighted by atomic mass is 32.1. The molecule has 0 saturated heterocycles. The van der Waals surface area contributed by atoms with Crippen LogP contribution in [0.25, 0.3) is 0 Å². The van der Waals surface area contributed by atoms with Gasteiger partial charge in [-0.3, -0.25) is 0 Å². The van der Waals surface area contributed by atoms with E-state index in [-0.39, 0.29) is 0 Å². The molecule has 1 nitrogen and oxygen atoms in total. The second-order valence-electron chi connectivity index (χ2n) is 4.39. The number of anilines is 2. The van der Waals surface area contributed by atoms with Crippen molar-refractivity contribution >= 4 is 34.0 Å². The van der Waals surface area contributed by atoms with Crippen molar-refractivity contribution in [2.24, 2.45) is 5.92 Å². The maximum absolute atomic E-state index is 3.53. The van der Waals surface area contributed by atoms with Crippen molar-refractivity contribution in [1.29, 1.82) is 0 Å². The van der Waals surface area contributed by atoms with Crippen LogP contribution in [0.2, 0.25) is 0 Å². The first-order chi connectivity index (χ1) is 7.81. The van der Waals surface area contributed by atoms with Crippen molar-refractivity contribution in [2.45, 2.75) is 26.2 Å². The number of hydrogen-bond donors (Lipinski definition) is 1. The van der Waals surface area contributed by atoms with Gasteiger partial charge >= 0.3 is 0 Å². The van der Waals surface area contributed by atoms with Crippen LogP contribution in [-0.4, -0.2) is 0 Å². The lowest BCUT2D eigenvalue weighted by atomic mass is 9.86. The normalized spacial score (nSPS) is 16.4. The summed E-state index contributed by atoms with van der Waals surface area (Å²) in [7, 11) is 0. The number of hydrogen-bond acceptors (Lipinski definition) is 3. The Hall–Kier alpha value is -0.800. The second kappa shape index (κ2) is 3.90. The monoisotopic (exact) mass is 249 g/mol. The molecule has 3 heteroatoms. The predicted molar refractivity (Wildman–Crippen MR) is 73.2 cm³/mol. The number of nitrogens with one attached hydrogen (secondary N) is 1. The van der Waals surface area contributed by atoms with Gasteiger partial charge in [-0.2, -0.15) is 0 Å². The highest BCUT2D eigenvalue weighted by molar-refractivity contribution is 7.12. The SMILES string of the molecule is CCC(C)C1c2sccc2Nc2ccsc21. The van der Waals surface area contributed by atoms with Crippen LogP contribution in [0.3, 0.4) is 0 Å². The van der Waals surface area contributed by atoms with Crippen molar-refractivity contribution in [3.8, 4) is 0 Å². The molecule has 1 aliphatic rings. The van der Waals surface area contributed by atoms with E-state index in [0.717, 1.165) is 5.92 Å². The van der Waals surface area contributed by atoms with E-state index < -0.39 is 0 Å². The van der Waals surface area contributed by atoms with Crippen LogP contribution in [0, 0.1) is 5.92 Å². The van der Waals surface area contributed by atoms with Gasteiger partial charge in [0.1, 0.15) is 0 Å². The van der Waals surface area contributed by atoms with Crippen LogP contribution >= 0.6 is 22.7 Å². The molecule has 16 heavy (non-hydrogen) atoms. The van der Waals surface area contributed by atoms with Crippen LogP contribution in [0.4, 0.5) is 11.4 Å². The molecule has 0 saturated carbocycles. The molecule has 0 fully saturated rings. The first-order valence-electron chi connectivity index (χ1n) is 5.73. The van der Waals surface area contributed by atoms with Gasteiger partial charge in [-0.25, -0.2) is 0 Å². The van der Waals surface area contributed by atoms with Crippen molar-refractivity contribution in [2.75, 3.05) is 5.32 Å². The standard InChI is InChI=1S/C13H15NS2/c1-3-8(2)11-12-9(4-6-15-12)14-10-5-7-16-13(10)11/h4-8,11,14H,3H2,1-2H3. The Labute approximate surface area is 104 Å². The van der Waals surface area contributed by atoms with E-state index in [4.69, 9.17) is 0 Å². The summed E-state index contributed by atoms with van der Waals surface area (Å²) in [5.41, 5.74) is 2.64. The minimum atomic E-state index is 0.608. The van der Waals surface area contributed by atoms with Gasteiger partial charge in [-0.15, -0.1) is 22.7 Å². The van der Waals surface area contributed by atoms with Gasteiger partial charge in [-0.05, 0) is 28.8 Å². The molecule has 0 bridgehead atoms. The quantitative estimate of drug-likeness (QED) is 0.785. The molecule has 84 valence electrons. The third-order valence-corrected chi connectivity index (χ3v) is 5.44. The fourth-order valence-corrected chi connectivity index (χ4v) is 4.61. The van der Waals surface area contributed by atoms with Crippen LogP contribution in [0.1, 0.15) is 35.9 Å². The van der Waals surface area contributed by atoms with E-state index in [1.54, 1.807) is 0 Å². The Bertz CT molecular complexity index is 457. The van der Waals surface area contributed by atoms with Crippen molar-refractivity contribution in [3.05, 3.63) is 32.6 Å². The molecule has 1 aliphatic heterocycles. The average molecular weight is 249 g/mol. The Kier molecular flexibility index (Phi) is 2.52. The van der Waals surface area contributed by atoms with E-state index in [1.165, 1.54) is 27.5 Å². The predicted octanol–water partition coefficient (Wildman–Crippen LogP) is 5.04. The number of fused-ring (bicyclic) bond motifs is 2. The summed E-state index contributed by atoms with van der Waals surface area (Å²) in [4.78, 5) is 3.04. The molecular formula is C13H15NS2. The first-order valence-corrected chi connectivity index (χ1v) is 7.49. The maximum atomic E-state index is 3.53. The minimum absolute atomic E-state index is 0.608. The summed E-state index contributed by atoms with van der Waals surface area (Å²) < 4.78 is 0. The molecule has 1 unspecified atom stereocenters. The number of rotatable bonds is 2. The zero-order valence-electron chi connectivity index (χ0n) is 9.49. The third kappa shape index (κ3) is 1.42. The first kappa shape index (κ1) is 10.4. The summed E-state index contributed by atoms with van der Waals surface area (Å²) in [6.45, 7) is 4.65. The molecule has 0 spiro atoms. The summed E-state index contributed by atoms with van der Waals surface area (Å²) in [5, 5.41) is 7.93. The Morgan fingerprint density at radius 3 is 2.25 bits per heavy atom. The van der Waals surface area contributed by atoms with Crippen molar-refractivity contribution < 1.29 is 0 Å². The molecule has 3 rings (SSSR count). The summed E-state index contributed by atoms with van der Waals surface area (Å²) in [5.74, 6) is 1.33. The van der Waals surface area contributed by atoms with Gasteiger partial charge < -0.3 is 5.32 Å². The molecule has 2 aromatic rings. The van der Waals surface area contributed by atoms with E-state index in [0.29, 0.717) is 5.92 Å². The van der Waals surface area contributed by atoms with Crippen LogP contribution in [0.15, 0.2) is 22.9 Å². The van der Waals surface area contributed by atoms with Crippen molar-refractivity contribution in [1.82, 2.24) is 0 Å². The largest absolute Gasteiger partial charge is 0.354 e. The fourth-order valence-electron chi connectivity index (χ4n) is 2.35. The van der Waals surface area contributed by atoms with Gasteiger partial charge in [0.25, 0.3) is 0 Å². The fraction of sp³-hybridized carbons (Fsp3) is 0.385. The molecule has 1 atom stereocenters. The Morgan fingerprint density at radius 1 is 1.19 bits per heavy atom. The van der Waals surface area contributed by atoms with Crippen LogP contribution < -0.4 is 5.32 Å². The zero-order valence-corrected chi connectivity index (χ0v) is 11.1. The highest BCUT2D eigenvalue weighted by Crippen LogP contribution is 2.50. The Balaban J connectivity index is 2.13. The second-order valence-corrected chi connectivity index (χ2v) is 6.28. The molecule has 0 amide bonds. The zero-order chi connectivity index (χ0) is 11.1. The molecule has 0 aromatic carbocycles. The highest BCUT2D eigenvalue weighted by Gasteiger charge is 2.30. The maximum Gasteiger partial charge on any atom is 0.0532 e. The van der Waals surface area contributed by atoms with Crippen molar-refractivity contribution in [3.63, 3.8) is 0 Å². The van der Waals surface area contributed by atoms with Crippen LogP contribution in [0.5, 0.6) is 0 Å². The van der Waals surface area contributed by atoms with Gasteiger partial charge in [0.2, 0.25) is 0 Å². The van der Waals surface area contributed by atoms with E-state index >= 15 is 0 Å². The topological polar surface area (TPSA) is 12.0 Å². The van der Waals surface area contributed by atoms with Gasteiger partial charge in [-0.1, -0.05) is 20.3 Å². The molecule has 2 aromatic heterocycles. The lowest BCUT2D eigenvalue weighted by Gasteiger charge is -2.28. The average Bonchev–Trinajstić information content (AvgIpc) is 2.91. The van der Waals surface area contributed by atoms with Gasteiger partial charge in [0, 0.05) is 15.7 Å². The molecule has 3 heterocycles. The van der Waals surface area contributed by atoms with E-state index in [1.807, 2.05) is 22.7 Å². The lowest BCUT2D eigenvalue weighted by molar-refractivity contribution is 0.506. The van der Waals surface area contributed by atoms with Crippen LogP contribution in [-0.2, 0) is 0 Å². The summed E-state index contributed by atoms with van der Waals surface area (Å²) >= 11 is 3.78. The number of thiophene rings is 2. The Morgan fingerprint density at radius 2 is 1.75 bits per heavy atom. The molecule has 0 aliphatic carbocycles. The minimum Gasteiger partial charge on any atom is -0.354 e. The molecule has 1 N–H and O–H groups in total. The summed E-state index contributed by atoms with van der Waals surface area (Å²) in [6.07, 6.45) is 1.24. The third-order valence-electron chi connectivity index (χ3n) is 3.44. The molecule has 0 radical (unpaired) electrons. The molecular weight excluding hydrogens is 234 g/mol.